The molecule has 0 bridgehead atoms. The standard InChI is InChI=1S/C21H24FN3O3/c1-2-28-19-9-8-17(14-18(19)22)23-20(26)15-10-12-25(13-11-15)21(27)24-16-6-4-3-5-7-16/h3-9,14-15H,2,10-13H2,1H3,(H,23,26)(H,24,27). The largest absolute Gasteiger partial charge is 0.491 e. The molecule has 1 aliphatic heterocycles. The average Bonchev–Trinajstić information content (AvgIpc) is 2.71. The third kappa shape index (κ3) is 5.00. The topological polar surface area (TPSA) is 70.7 Å². The third-order valence-corrected chi connectivity index (χ3v) is 4.68. The molecule has 1 saturated heterocycles. The molecule has 1 fully saturated rings. The molecule has 0 atom stereocenters. The number of halogens is 1. The smallest absolute Gasteiger partial charge is 0.321 e. The van der Waals surface area contributed by atoms with Gasteiger partial charge in [-0.05, 0) is 44.0 Å². The van der Waals surface area contributed by atoms with Crippen LogP contribution in [0.3, 0.4) is 0 Å². The van der Waals surface area contributed by atoms with E-state index < -0.39 is 5.82 Å². The van der Waals surface area contributed by atoms with Crippen LogP contribution < -0.4 is 15.4 Å². The minimum absolute atomic E-state index is 0.160. The first kappa shape index (κ1) is 19.7. The number of rotatable bonds is 5. The number of carbonyl (C=O) groups is 2. The molecule has 3 rings (SSSR count). The highest BCUT2D eigenvalue weighted by Crippen LogP contribution is 2.24. The van der Waals surface area contributed by atoms with Gasteiger partial charge in [0.25, 0.3) is 0 Å². The SMILES string of the molecule is CCOc1ccc(NC(=O)C2CCN(C(=O)Nc3ccccc3)CC2)cc1F. The fourth-order valence-corrected chi connectivity index (χ4v) is 3.16. The van der Waals surface area contributed by atoms with Crippen molar-refractivity contribution < 1.29 is 18.7 Å². The molecular weight excluding hydrogens is 361 g/mol. The number of nitrogens with zero attached hydrogens (tertiary/aromatic N) is 1. The summed E-state index contributed by atoms with van der Waals surface area (Å²) in [6.07, 6.45) is 1.13. The summed E-state index contributed by atoms with van der Waals surface area (Å²) in [6, 6.07) is 13.5. The van der Waals surface area contributed by atoms with Crippen molar-refractivity contribution in [3.05, 3.63) is 54.3 Å². The molecule has 0 saturated carbocycles. The lowest BCUT2D eigenvalue weighted by Gasteiger charge is -2.31. The molecule has 2 aromatic carbocycles. The van der Waals surface area contributed by atoms with Crippen LogP contribution in [0.25, 0.3) is 0 Å². The molecule has 148 valence electrons. The van der Waals surface area contributed by atoms with Crippen LogP contribution in [-0.4, -0.2) is 36.5 Å². The highest BCUT2D eigenvalue weighted by molar-refractivity contribution is 5.93. The van der Waals surface area contributed by atoms with Crippen LogP contribution in [0.4, 0.5) is 20.6 Å². The van der Waals surface area contributed by atoms with Gasteiger partial charge in [-0.25, -0.2) is 9.18 Å². The summed E-state index contributed by atoms with van der Waals surface area (Å²) < 4.78 is 19.1. The van der Waals surface area contributed by atoms with E-state index in [4.69, 9.17) is 4.74 Å². The quantitative estimate of drug-likeness (QED) is 0.814. The average molecular weight is 385 g/mol. The van der Waals surface area contributed by atoms with E-state index in [1.165, 1.54) is 12.1 Å². The Morgan fingerprint density at radius 1 is 1.07 bits per heavy atom. The van der Waals surface area contributed by atoms with Gasteiger partial charge in [0.2, 0.25) is 5.91 Å². The number of hydrogen-bond acceptors (Lipinski definition) is 3. The molecule has 0 radical (unpaired) electrons. The van der Waals surface area contributed by atoms with Gasteiger partial charge in [-0.15, -0.1) is 0 Å². The molecule has 3 amide bonds. The summed E-state index contributed by atoms with van der Waals surface area (Å²) in [4.78, 5) is 26.5. The number of piperidine rings is 1. The molecule has 0 spiro atoms. The highest BCUT2D eigenvalue weighted by Gasteiger charge is 2.27. The first-order valence-electron chi connectivity index (χ1n) is 9.41. The molecule has 6 nitrogen and oxygen atoms in total. The summed E-state index contributed by atoms with van der Waals surface area (Å²) in [6.45, 7) is 3.14. The summed E-state index contributed by atoms with van der Waals surface area (Å²) in [5, 5.41) is 5.60. The second-order valence-electron chi connectivity index (χ2n) is 6.62. The zero-order valence-corrected chi connectivity index (χ0v) is 15.8. The van der Waals surface area contributed by atoms with E-state index in [9.17, 15) is 14.0 Å². The lowest BCUT2D eigenvalue weighted by molar-refractivity contribution is -0.121. The minimum atomic E-state index is -0.507. The van der Waals surface area contributed by atoms with Crippen molar-refractivity contribution in [2.24, 2.45) is 5.92 Å². The van der Waals surface area contributed by atoms with Crippen molar-refractivity contribution in [3.63, 3.8) is 0 Å². The fourth-order valence-electron chi connectivity index (χ4n) is 3.16. The van der Waals surface area contributed by atoms with Gasteiger partial charge in [-0.1, -0.05) is 18.2 Å². The number of anilines is 2. The maximum atomic E-state index is 13.9. The Balaban J connectivity index is 1.49. The lowest BCUT2D eigenvalue weighted by Crippen LogP contribution is -2.43. The van der Waals surface area contributed by atoms with E-state index in [2.05, 4.69) is 10.6 Å². The predicted octanol–water partition coefficient (Wildman–Crippen LogP) is 4.11. The van der Waals surface area contributed by atoms with Gasteiger partial charge >= 0.3 is 6.03 Å². The van der Waals surface area contributed by atoms with Gasteiger partial charge in [-0.3, -0.25) is 4.79 Å². The van der Waals surface area contributed by atoms with Crippen molar-refractivity contribution >= 4 is 23.3 Å². The zero-order chi connectivity index (χ0) is 19.9. The number of carbonyl (C=O) groups excluding carboxylic acids is 2. The summed E-state index contributed by atoms with van der Waals surface area (Å²) in [5.41, 5.74) is 1.14. The molecule has 0 aromatic heterocycles. The Morgan fingerprint density at radius 3 is 2.43 bits per heavy atom. The monoisotopic (exact) mass is 385 g/mol. The normalized spacial score (nSPS) is 14.4. The summed E-state index contributed by atoms with van der Waals surface area (Å²) >= 11 is 0. The van der Waals surface area contributed by atoms with E-state index in [1.807, 2.05) is 30.3 Å². The maximum absolute atomic E-state index is 13.9. The Labute approximate surface area is 163 Å². The number of amides is 3. The zero-order valence-electron chi connectivity index (χ0n) is 15.8. The van der Waals surface area contributed by atoms with Gasteiger partial charge in [0.05, 0.1) is 6.61 Å². The maximum Gasteiger partial charge on any atom is 0.321 e. The van der Waals surface area contributed by atoms with E-state index in [0.717, 1.165) is 5.69 Å². The van der Waals surface area contributed by atoms with Gasteiger partial charge < -0.3 is 20.3 Å². The molecule has 1 heterocycles. The number of likely N-dealkylation sites (tertiary alicyclic amines) is 1. The summed E-state index contributed by atoms with van der Waals surface area (Å²) in [5.74, 6) is -0.715. The van der Waals surface area contributed by atoms with Crippen LogP contribution in [0.5, 0.6) is 5.75 Å². The molecule has 0 aliphatic carbocycles. The lowest BCUT2D eigenvalue weighted by atomic mass is 9.96. The summed E-state index contributed by atoms with van der Waals surface area (Å²) in [7, 11) is 0. The third-order valence-electron chi connectivity index (χ3n) is 4.68. The van der Waals surface area contributed by atoms with Gasteiger partial charge in [0, 0.05) is 36.4 Å². The molecule has 1 aliphatic rings. The molecule has 2 N–H and O–H groups in total. The number of para-hydroxylation sites is 1. The first-order valence-corrected chi connectivity index (χ1v) is 9.41. The van der Waals surface area contributed by atoms with E-state index >= 15 is 0 Å². The molecule has 28 heavy (non-hydrogen) atoms. The van der Waals surface area contributed by atoms with E-state index in [0.29, 0.717) is 38.2 Å². The van der Waals surface area contributed by atoms with Crippen molar-refractivity contribution in [1.29, 1.82) is 0 Å². The van der Waals surface area contributed by atoms with Crippen LogP contribution in [0.2, 0.25) is 0 Å². The number of nitrogens with one attached hydrogen (secondary N) is 2. The van der Waals surface area contributed by atoms with Gasteiger partial charge in [-0.2, -0.15) is 0 Å². The second-order valence-corrected chi connectivity index (χ2v) is 6.62. The molecular formula is C21H24FN3O3. The number of ether oxygens (including phenoxy) is 1. The Hall–Kier alpha value is -3.09. The van der Waals surface area contributed by atoms with Crippen LogP contribution >= 0.6 is 0 Å². The van der Waals surface area contributed by atoms with Crippen molar-refractivity contribution in [2.45, 2.75) is 19.8 Å². The van der Waals surface area contributed by atoms with E-state index in [1.54, 1.807) is 17.9 Å². The number of hydrogen-bond donors (Lipinski definition) is 2. The van der Waals surface area contributed by atoms with Crippen LogP contribution in [0, 0.1) is 11.7 Å². The van der Waals surface area contributed by atoms with Gasteiger partial charge in [0.1, 0.15) is 0 Å². The van der Waals surface area contributed by atoms with Crippen molar-refractivity contribution in [3.8, 4) is 5.75 Å². The fraction of sp³-hybridized carbons (Fsp3) is 0.333. The molecule has 2 aromatic rings. The Kier molecular flexibility index (Phi) is 6.47. The predicted molar refractivity (Wildman–Crippen MR) is 106 cm³/mol. The number of urea groups is 1. The Morgan fingerprint density at radius 2 is 1.79 bits per heavy atom. The highest BCUT2D eigenvalue weighted by atomic mass is 19.1. The van der Waals surface area contributed by atoms with Crippen LogP contribution in [-0.2, 0) is 4.79 Å². The molecule has 7 heteroatoms. The van der Waals surface area contributed by atoms with Crippen molar-refractivity contribution in [1.82, 2.24) is 4.90 Å². The first-order chi connectivity index (χ1) is 13.6. The Bertz CT molecular complexity index is 821. The molecule has 0 unspecified atom stereocenters. The second kappa shape index (κ2) is 9.21. The van der Waals surface area contributed by atoms with Crippen molar-refractivity contribution in [2.75, 3.05) is 30.3 Å². The van der Waals surface area contributed by atoms with Crippen LogP contribution in [0.15, 0.2) is 48.5 Å². The van der Waals surface area contributed by atoms with Crippen LogP contribution in [0.1, 0.15) is 19.8 Å². The van der Waals surface area contributed by atoms with E-state index in [-0.39, 0.29) is 23.6 Å². The van der Waals surface area contributed by atoms with Gasteiger partial charge in [0.15, 0.2) is 11.6 Å². The minimum Gasteiger partial charge on any atom is -0.491 e. The number of benzene rings is 2.